The van der Waals surface area contributed by atoms with Gasteiger partial charge in [0, 0.05) is 25.5 Å². The number of aryl methyl sites for hydroxylation is 1. The van der Waals surface area contributed by atoms with Crippen LogP contribution in [-0.4, -0.2) is 15.6 Å². The van der Waals surface area contributed by atoms with Gasteiger partial charge in [-0.1, -0.05) is 0 Å². The summed E-state index contributed by atoms with van der Waals surface area (Å²) in [6, 6.07) is 0.359. The van der Waals surface area contributed by atoms with E-state index in [2.05, 4.69) is 17.2 Å². The molecule has 0 amide bonds. The van der Waals surface area contributed by atoms with Gasteiger partial charge in [0.1, 0.15) is 0 Å². The highest BCUT2D eigenvalue weighted by Gasteiger charge is 2.28. The van der Waals surface area contributed by atoms with Crippen molar-refractivity contribution in [2.24, 2.45) is 13.0 Å². The average molecular weight is 193 g/mol. The van der Waals surface area contributed by atoms with Crippen LogP contribution >= 0.6 is 0 Å². The predicted molar refractivity (Wildman–Crippen MR) is 55.3 cm³/mol. The monoisotopic (exact) mass is 193 g/mol. The van der Waals surface area contributed by atoms with Crippen LogP contribution in [0, 0.1) is 5.92 Å². The number of rotatable bonds is 3. The molecule has 0 aliphatic heterocycles. The van der Waals surface area contributed by atoms with Crippen LogP contribution in [0.3, 0.4) is 0 Å². The van der Waals surface area contributed by atoms with Crippen LogP contribution in [0.5, 0.6) is 0 Å². The third-order valence-corrected chi connectivity index (χ3v) is 2.71. The third kappa shape index (κ3) is 1.78. The van der Waals surface area contributed by atoms with Crippen LogP contribution in [0.1, 0.15) is 19.8 Å². The van der Waals surface area contributed by atoms with Gasteiger partial charge in [-0.15, -0.1) is 0 Å². The van der Waals surface area contributed by atoms with Crippen LogP contribution in [0.15, 0.2) is 17.2 Å². The first-order valence-corrected chi connectivity index (χ1v) is 4.96. The summed E-state index contributed by atoms with van der Waals surface area (Å²) in [7, 11) is 1.73. The standard InChI is InChI=1S/C10H15N3O/c1-7(8-3-4-8)12-9-10(14)13(2)6-5-11-9/h5-8H,3-4H2,1-2H3,(H,11,12). The van der Waals surface area contributed by atoms with E-state index in [0.29, 0.717) is 11.9 Å². The molecule has 1 aromatic rings. The van der Waals surface area contributed by atoms with Gasteiger partial charge in [0.2, 0.25) is 0 Å². The van der Waals surface area contributed by atoms with Gasteiger partial charge in [-0.3, -0.25) is 4.79 Å². The highest BCUT2D eigenvalue weighted by atomic mass is 16.1. The Kier molecular flexibility index (Phi) is 2.27. The van der Waals surface area contributed by atoms with Gasteiger partial charge in [-0.25, -0.2) is 4.98 Å². The molecular weight excluding hydrogens is 178 g/mol. The Bertz CT molecular complexity index is 381. The second kappa shape index (κ2) is 3.44. The van der Waals surface area contributed by atoms with Crippen LogP contribution < -0.4 is 10.9 Å². The lowest BCUT2D eigenvalue weighted by Gasteiger charge is -2.12. The van der Waals surface area contributed by atoms with Crippen molar-refractivity contribution in [1.29, 1.82) is 0 Å². The van der Waals surface area contributed by atoms with Gasteiger partial charge in [0.15, 0.2) is 5.82 Å². The van der Waals surface area contributed by atoms with Crippen LogP contribution in [0.4, 0.5) is 5.82 Å². The van der Waals surface area contributed by atoms with E-state index in [1.807, 2.05) is 0 Å². The predicted octanol–water partition coefficient (Wildman–Crippen LogP) is 0.991. The van der Waals surface area contributed by atoms with E-state index in [1.54, 1.807) is 19.4 Å². The molecular formula is C10H15N3O. The first kappa shape index (κ1) is 9.24. The number of nitrogens with one attached hydrogen (secondary N) is 1. The molecule has 0 bridgehead atoms. The van der Waals surface area contributed by atoms with E-state index in [4.69, 9.17) is 0 Å². The maximum absolute atomic E-state index is 11.6. The second-order valence-electron chi connectivity index (χ2n) is 3.96. The SMILES string of the molecule is CC(Nc1nccn(C)c1=O)C1CC1. The first-order chi connectivity index (χ1) is 6.68. The van der Waals surface area contributed by atoms with E-state index >= 15 is 0 Å². The van der Waals surface area contributed by atoms with Gasteiger partial charge < -0.3 is 9.88 Å². The zero-order valence-corrected chi connectivity index (χ0v) is 8.53. The molecule has 1 N–H and O–H groups in total. The lowest BCUT2D eigenvalue weighted by atomic mass is 10.2. The van der Waals surface area contributed by atoms with Crippen molar-refractivity contribution >= 4 is 5.82 Å². The molecule has 4 nitrogen and oxygen atoms in total. The third-order valence-electron chi connectivity index (χ3n) is 2.71. The summed E-state index contributed by atoms with van der Waals surface area (Å²) in [5.41, 5.74) is -0.0556. The number of anilines is 1. The lowest BCUT2D eigenvalue weighted by molar-refractivity contribution is 0.684. The Morgan fingerprint density at radius 1 is 1.64 bits per heavy atom. The molecule has 1 aromatic heterocycles. The van der Waals surface area contributed by atoms with E-state index in [1.165, 1.54) is 17.4 Å². The largest absolute Gasteiger partial charge is 0.363 e. The van der Waals surface area contributed by atoms with Gasteiger partial charge in [0.25, 0.3) is 5.56 Å². The summed E-state index contributed by atoms with van der Waals surface area (Å²) < 4.78 is 1.54. The van der Waals surface area contributed by atoms with Crippen molar-refractivity contribution in [3.8, 4) is 0 Å². The Balaban J connectivity index is 2.15. The second-order valence-corrected chi connectivity index (χ2v) is 3.96. The van der Waals surface area contributed by atoms with Crippen molar-refractivity contribution in [3.05, 3.63) is 22.7 Å². The average Bonchev–Trinajstić information content (AvgIpc) is 2.95. The van der Waals surface area contributed by atoms with Crippen molar-refractivity contribution in [3.63, 3.8) is 0 Å². The topological polar surface area (TPSA) is 46.9 Å². The summed E-state index contributed by atoms with van der Waals surface area (Å²) in [5.74, 6) is 1.19. The zero-order chi connectivity index (χ0) is 10.1. The van der Waals surface area contributed by atoms with Crippen LogP contribution in [0.25, 0.3) is 0 Å². The number of aromatic nitrogens is 2. The van der Waals surface area contributed by atoms with Crippen molar-refractivity contribution in [2.45, 2.75) is 25.8 Å². The van der Waals surface area contributed by atoms with Gasteiger partial charge >= 0.3 is 0 Å². The summed E-state index contributed by atoms with van der Waals surface area (Å²) >= 11 is 0. The molecule has 0 aromatic carbocycles. The molecule has 1 heterocycles. The molecule has 1 aliphatic rings. The Morgan fingerprint density at radius 2 is 2.36 bits per heavy atom. The van der Waals surface area contributed by atoms with Crippen molar-refractivity contribution < 1.29 is 0 Å². The number of hydrogen-bond acceptors (Lipinski definition) is 3. The minimum absolute atomic E-state index is 0.0556. The molecule has 1 aliphatic carbocycles. The summed E-state index contributed by atoms with van der Waals surface area (Å²) in [6.45, 7) is 2.10. The van der Waals surface area contributed by atoms with E-state index in [0.717, 1.165) is 5.92 Å². The molecule has 1 atom stereocenters. The molecule has 0 spiro atoms. The Labute approximate surface area is 83.0 Å². The summed E-state index contributed by atoms with van der Waals surface area (Å²) in [4.78, 5) is 15.6. The fourth-order valence-corrected chi connectivity index (χ4v) is 1.53. The minimum Gasteiger partial charge on any atom is -0.363 e. The Hall–Kier alpha value is -1.32. The van der Waals surface area contributed by atoms with Crippen LogP contribution in [-0.2, 0) is 7.05 Å². The smallest absolute Gasteiger partial charge is 0.293 e. The summed E-state index contributed by atoms with van der Waals surface area (Å²) in [6.07, 6.45) is 5.83. The molecule has 1 unspecified atom stereocenters. The Morgan fingerprint density at radius 3 is 3.00 bits per heavy atom. The van der Waals surface area contributed by atoms with Gasteiger partial charge in [-0.05, 0) is 25.7 Å². The maximum Gasteiger partial charge on any atom is 0.293 e. The number of hydrogen-bond donors (Lipinski definition) is 1. The highest BCUT2D eigenvalue weighted by Crippen LogP contribution is 2.33. The minimum atomic E-state index is -0.0556. The van der Waals surface area contributed by atoms with E-state index in [9.17, 15) is 4.79 Å². The highest BCUT2D eigenvalue weighted by molar-refractivity contribution is 5.32. The molecule has 2 rings (SSSR count). The summed E-state index contributed by atoms with van der Waals surface area (Å²) in [5, 5.41) is 3.17. The molecule has 0 radical (unpaired) electrons. The first-order valence-electron chi connectivity index (χ1n) is 4.96. The van der Waals surface area contributed by atoms with Crippen LogP contribution in [0.2, 0.25) is 0 Å². The molecule has 14 heavy (non-hydrogen) atoms. The number of nitrogens with zero attached hydrogens (tertiary/aromatic N) is 2. The maximum atomic E-state index is 11.6. The van der Waals surface area contributed by atoms with E-state index in [-0.39, 0.29) is 5.56 Å². The van der Waals surface area contributed by atoms with Crippen molar-refractivity contribution in [2.75, 3.05) is 5.32 Å². The molecule has 4 heteroatoms. The zero-order valence-electron chi connectivity index (χ0n) is 8.53. The molecule has 1 fully saturated rings. The fraction of sp³-hybridized carbons (Fsp3) is 0.600. The lowest BCUT2D eigenvalue weighted by Crippen LogP contribution is -2.27. The van der Waals surface area contributed by atoms with Gasteiger partial charge in [-0.2, -0.15) is 0 Å². The molecule has 0 saturated heterocycles. The van der Waals surface area contributed by atoms with E-state index < -0.39 is 0 Å². The molecule has 1 saturated carbocycles. The van der Waals surface area contributed by atoms with Crippen molar-refractivity contribution in [1.82, 2.24) is 9.55 Å². The van der Waals surface area contributed by atoms with Gasteiger partial charge in [0.05, 0.1) is 0 Å². The normalized spacial score (nSPS) is 17.9. The fourth-order valence-electron chi connectivity index (χ4n) is 1.53. The molecule has 76 valence electrons. The quantitative estimate of drug-likeness (QED) is 0.778.